The Kier molecular flexibility index (Phi) is 4.00. The summed E-state index contributed by atoms with van der Waals surface area (Å²) in [5.41, 5.74) is 0.840. The molecule has 2 aromatic rings. The molecule has 1 fully saturated rings. The molecular weight excluding hydrogens is 278 g/mol. The molecular formula is C14H16ClN3O2. The van der Waals surface area contributed by atoms with Crippen molar-refractivity contribution in [1.29, 1.82) is 0 Å². The molecule has 3 rings (SSSR count). The monoisotopic (exact) mass is 293 g/mol. The summed E-state index contributed by atoms with van der Waals surface area (Å²) in [6.07, 6.45) is 2.12. The average Bonchev–Trinajstić information content (AvgIpc) is 3.08. The Morgan fingerprint density at radius 2 is 2.35 bits per heavy atom. The van der Waals surface area contributed by atoms with Crippen LogP contribution in [0.3, 0.4) is 0 Å². The van der Waals surface area contributed by atoms with Crippen LogP contribution in [0, 0.1) is 0 Å². The van der Waals surface area contributed by atoms with Gasteiger partial charge >= 0.3 is 0 Å². The zero-order valence-corrected chi connectivity index (χ0v) is 11.8. The van der Waals surface area contributed by atoms with Gasteiger partial charge < -0.3 is 9.63 Å². The second kappa shape index (κ2) is 5.91. The summed E-state index contributed by atoms with van der Waals surface area (Å²) >= 11 is 5.95. The molecule has 0 unspecified atom stereocenters. The Morgan fingerprint density at radius 1 is 1.45 bits per heavy atom. The summed E-state index contributed by atoms with van der Waals surface area (Å²) in [5, 5.41) is 13.9. The number of likely N-dealkylation sites (tertiary alicyclic amines) is 1. The fourth-order valence-corrected chi connectivity index (χ4v) is 2.74. The number of aromatic nitrogens is 2. The van der Waals surface area contributed by atoms with E-state index in [-0.39, 0.29) is 12.6 Å². The first-order valence-corrected chi connectivity index (χ1v) is 7.07. The highest BCUT2D eigenvalue weighted by Gasteiger charge is 2.25. The van der Waals surface area contributed by atoms with Crippen molar-refractivity contribution < 1.29 is 9.63 Å². The molecule has 0 amide bonds. The lowest BCUT2D eigenvalue weighted by atomic mass is 10.2. The lowest BCUT2D eigenvalue weighted by Gasteiger charge is -2.20. The number of hydrogen-bond acceptors (Lipinski definition) is 5. The minimum Gasteiger partial charge on any atom is -0.395 e. The van der Waals surface area contributed by atoms with Crippen molar-refractivity contribution in [3.8, 4) is 11.4 Å². The van der Waals surface area contributed by atoms with E-state index in [1.807, 2.05) is 24.3 Å². The highest BCUT2D eigenvalue weighted by molar-refractivity contribution is 6.30. The molecule has 1 aromatic carbocycles. The van der Waals surface area contributed by atoms with E-state index in [0.717, 1.165) is 24.9 Å². The number of aliphatic hydroxyl groups excluding tert-OH is 1. The van der Waals surface area contributed by atoms with E-state index in [1.165, 1.54) is 0 Å². The first-order valence-electron chi connectivity index (χ1n) is 6.69. The number of benzene rings is 1. The fourth-order valence-electron chi connectivity index (χ4n) is 2.55. The number of rotatable bonds is 4. The van der Waals surface area contributed by atoms with Gasteiger partial charge in [0, 0.05) is 16.6 Å². The van der Waals surface area contributed by atoms with Crippen molar-refractivity contribution in [2.45, 2.75) is 25.4 Å². The van der Waals surface area contributed by atoms with E-state index >= 15 is 0 Å². The Bertz CT molecular complexity index is 587. The Balaban J connectivity index is 1.74. The van der Waals surface area contributed by atoms with Gasteiger partial charge in [-0.05, 0) is 31.5 Å². The zero-order valence-electron chi connectivity index (χ0n) is 11.0. The first kappa shape index (κ1) is 13.5. The molecule has 2 heterocycles. The van der Waals surface area contributed by atoms with Crippen LogP contribution in [0.1, 0.15) is 18.7 Å². The summed E-state index contributed by atoms with van der Waals surface area (Å²) < 4.78 is 5.29. The van der Waals surface area contributed by atoms with Crippen molar-refractivity contribution in [3.63, 3.8) is 0 Å². The number of aliphatic hydroxyl groups is 1. The van der Waals surface area contributed by atoms with Gasteiger partial charge in [-0.2, -0.15) is 4.98 Å². The number of hydrogen-bond donors (Lipinski definition) is 1. The summed E-state index contributed by atoms with van der Waals surface area (Å²) in [6.45, 7) is 1.72. The Morgan fingerprint density at radius 3 is 3.15 bits per heavy atom. The predicted octanol–water partition coefficient (Wildman–Crippen LogP) is 2.35. The van der Waals surface area contributed by atoms with Gasteiger partial charge in [-0.1, -0.05) is 28.9 Å². The fraction of sp³-hybridized carbons (Fsp3) is 0.429. The number of halogens is 1. The van der Waals surface area contributed by atoms with Crippen LogP contribution in [-0.4, -0.2) is 39.3 Å². The van der Waals surface area contributed by atoms with E-state index in [4.69, 9.17) is 16.1 Å². The molecule has 5 nitrogen and oxygen atoms in total. The minimum absolute atomic E-state index is 0.176. The maximum atomic E-state index is 9.31. The Hall–Kier alpha value is -1.43. The van der Waals surface area contributed by atoms with Crippen LogP contribution in [-0.2, 0) is 6.54 Å². The molecule has 20 heavy (non-hydrogen) atoms. The zero-order chi connectivity index (χ0) is 13.9. The lowest BCUT2D eigenvalue weighted by Crippen LogP contribution is -2.31. The average molecular weight is 294 g/mol. The van der Waals surface area contributed by atoms with Crippen molar-refractivity contribution in [2.75, 3.05) is 13.2 Å². The SMILES string of the molecule is OC[C@H]1CCCN1Cc1nc(-c2cccc(Cl)c2)no1. The third-order valence-corrected chi connectivity index (χ3v) is 3.83. The molecule has 1 saturated heterocycles. The third-order valence-electron chi connectivity index (χ3n) is 3.60. The van der Waals surface area contributed by atoms with E-state index in [9.17, 15) is 5.11 Å². The van der Waals surface area contributed by atoms with Crippen LogP contribution in [0.4, 0.5) is 0 Å². The standard InChI is InChI=1S/C14H16ClN3O2/c15-11-4-1-3-10(7-11)14-16-13(20-17-14)8-18-6-2-5-12(18)9-19/h1,3-4,7,12,19H,2,5-6,8-9H2/t12-/m1/s1. The second-order valence-electron chi connectivity index (χ2n) is 4.97. The van der Waals surface area contributed by atoms with E-state index < -0.39 is 0 Å². The molecule has 0 radical (unpaired) electrons. The smallest absolute Gasteiger partial charge is 0.241 e. The molecule has 106 valence electrons. The van der Waals surface area contributed by atoms with E-state index in [0.29, 0.717) is 23.3 Å². The van der Waals surface area contributed by atoms with E-state index in [2.05, 4.69) is 15.0 Å². The van der Waals surface area contributed by atoms with Gasteiger partial charge in [0.1, 0.15) is 0 Å². The third kappa shape index (κ3) is 2.85. The van der Waals surface area contributed by atoms with Crippen LogP contribution in [0.25, 0.3) is 11.4 Å². The largest absolute Gasteiger partial charge is 0.395 e. The number of nitrogens with zero attached hydrogens (tertiary/aromatic N) is 3. The maximum absolute atomic E-state index is 9.31. The highest BCUT2D eigenvalue weighted by atomic mass is 35.5. The summed E-state index contributed by atoms with van der Waals surface area (Å²) in [6, 6.07) is 7.57. The van der Waals surface area contributed by atoms with Crippen LogP contribution >= 0.6 is 11.6 Å². The molecule has 1 aliphatic heterocycles. The van der Waals surface area contributed by atoms with Crippen LogP contribution in [0.15, 0.2) is 28.8 Å². The molecule has 1 aromatic heterocycles. The van der Waals surface area contributed by atoms with Crippen LogP contribution < -0.4 is 0 Å². The van der Waals surface area contributed by atoms with Crippen molar-refractivity contribution >= 4 is 11.6 Å². The molecule has 6 heteroatoms. The predicted molar refractivity (Wildman–Crippen MR) is 75.3 cm³/mol. The maximum Gasteiger partial charge on any atom is 0.241 e. The molecule has 0 saturated carbocycles. The van der Waals surface area contributed by atoms with Crippen molar-refractivity contribution in [2.24, 2.45) is 0 Å². The lowest BCUT2D eigenvalue weighted by molar-refractivity contribution is 0.141. The van der Waals surface area contributed by atoms with Gasteiger partial charge in [0.2, 0.25) is 11.7 Å². The van der Waals surface area contributed by atoms with Crippen molar-refractivity contribution in [3.05, 3.63) is 35.2 Å². The quantitative estimate of drug-likeness (QED) is 0.937. The van der Waals surface area contributed by atoms with Crippen LogP contribution in [0.5, 0.6) is 0 Å². The molecule has 1 N–H and O–H groups in total. The second-order valence-corrected chi connectivity index (χ2v) is 5.41. The van der Waals surface area contributed by atoms with Gasteiger partial charge in [0.05, 0.1) is 13.2 Å². The Labute approximate surface area is 122 Å². The van der Waals surface area contributed by atoms with E-state index in [1.54, 1.807) is 0 Å². The molecule has 1 aliphatic rings. The highest BCUT2D eigenvalue weighted by Crippen LogP contribution is 2.22. The van der Waals surface area contributed by atoms with Gasteiger partial charge in [0.25, 0.3) is 0 Å². The van der Waals surface area contributed by atoms with Crippen LogP contribution in [0.2, 0.25) is 5.02 Å². The molecule has 0 bridgehead atoms. The van der Waals surface area contributed by atoms with Gasteiger partial charge in [-0.15, -0.1) is 0 Å². The topological polar surface area (TPSA) is 62.4 Å². The summed E-state index contributed by atoms with van der Waals surface area (Å²) in [7, 11) is 0. The summed E-state index contributed by atoms with van der Waals surface area (Å²) in [4.78, 5) is 6.57. The van der Waals surface area contributed by atoms with Gasteiger partial charge in [0.15, 0.2) is 0 Å². The molecule has 0 aliphatic carbocycles. The van der Waals surface area contributed by atoms with Crippen molar-refractivity contribution in [1.82, 2.24) is 15.0 Å². The summed E-state index contributed by atoms with van der Waals surface area (Å²) in [5.74, 6) is 1.11. The first-order chi connectivity index (χ1) is 9.76. The van der Waals surface area contributed by atoms with Gasteiger partial charge in [-0.3, -0.25) is 4.90 Å². The normalized spacial score (nSPS) is 19.6. The minimum atomic E-state index is 0.176. The van der Waals surface area contributed by atoms with Gasteiger partial charge in [-0.25, -0.2) is 0 Å². The molecule has 1 atom stereocenters. The molecule has 0 spiro atoms.